The number of aliphatic hydroxyl groups is 1. The highest BCUT2D eigenvalue weighted by Crippen LogP contribution is 2.28. The lowest BCUT2D eigenvalue weighted by molar-refractivity contribution is -0.0256. The number of nitrogens with one attached hydrogen (secondary N) is 1. The van der Waals surface area contributed by atoms with Crippen LogP contribution in [0.25, 0.3) is 0 Å². The van der Waals surface area contributed by atoms with Crippen molar-refractivity contribution in [2.75, 3.05) is 13.1 Å². The number of rotatable bonds is 2. The fourth-order valence-electron chi connectivity index (χ4n) is 1.80. The Kier molecular flexibility index (Phi) is 3.07. The van der Waals surface area contributed by atoms with Gasteiger partial charge in [-0.1, -0.05) is 6.92 Å². The Morgan fingerprint density at radius 1 is 1.58 bits per heavy atom. The largest absolute Gasteiger partial charge is 0.388 e. The van der Waals surface area contributed by atoms with Crippen molar-refractivity contribution in [1.29, 1.82) is 5.26 Å². The van der Waals surface area contributed by atoms with Gasteiger partial charge in [-0.25, -0.2) is 0 Å². The van der Waals surface area contributed by atoms with Crippen LogP contribution in [0, 0.1) is 17.2 Å². The maximum Gasteiger partial charge on any atom is 0.0829 e. The Balaban J connectivity index is 2.61. The molecule has 0 amide bonds. The van der Waals surface area contributed by atoms with Gasteiger partial charge in [0.15, 0.2) is 0 Å². The maximum atomic E-state index is 10.1. The molecule has 1 fully saturated rings. The fraction of sp³-hybridized carbons (Fsp3) is 0.889. The molecule has 0 aromatic heterocycles. The first-order valence-electron chi connectivity index (χ1n) is 4.55. The van der Waals surface area contributed by atoms with Gasteiger partial charge in [0.1, 0.15) is 0 Å². The van der Waals surface area contributed by atoms with Gasteiger partial charge < -0.3 is 10.4 Å². The van der Waals surface area contributed by atoms with Crippen LogP contribution >= 0.6 is 0 Å². The second-order valence-electron chi connectivity index (χ2n) is 3.44. The Labute approximate surface area is 73.4 Å². The van der Waals surface area contributed by atoms with Gasteiger partial charge in [0.05, 0.1) is 17.6 Å². The van der Waals surface area contributed by atoms with Crippen LogP contribution in [0.15, 0.2) is 0 Å². The molecule has 0 bridgehead atoms. The number of hydrogen-bond donors (Lipinski definition) is 2. The topological polar surface area (TPSA) is 56.0 Å². The quantitative estimate of drug-likeness (QED) is 0.636. The zero-order valence-electron chi connectivity index (χ0n) is 7.51. The van der Waals surface area contributed by atoms with Crippen LogP contribution in [0.5, 0.6) is 0 Å². The molecule has 68 valence electrons. The van der Waals surface area contributed by atoms with Crippen LogP contribution in [-0.4, -0.2) is 23.8 Å². The van der Waals surface area contributed by atoms with Crippen LogP contribution in [-0.2, 0) is 0 Å². The predicted octanol–water partition coefficient (Wildman–Crippen LogP) is 0.651. The maximum absolute atomic E-state index is 10.1. The lowest BCUT2D eigenvalue weighted by atomic mass is 9.79. The third-order valence-corrected chi connectivity index (χ3v) is 2.68. The van der Waals surface area contributed by atoms with Gasteiger partial charge in [-0.3, -0.25) is 0 Å². The molecule has 1 atom stereocenters. The smallest absolute Gasteiger partial charge is 0.0829 e. The zero-order valence-corrected chi connectivity index (χ0v) is 7.51. The summed E-state index contributed by atoms with van der Waals surface area (Å²) in [4.78, 5) is 0. The van der Waals surface area contributed by atoms with Crippen LogP contribution in [0.4, 0.5) is 0 Å². The Morgan fingerprint density at radius 2 is 2.17 bits per heavy atom. The Hall–Kier alpha value is -0.590. The third-order valence-electron chi connectivity index (χ3n) is 2.68. The van der Waals surface area contributed by atoms with Gasteiger partial charge >= 0.3 is 0 Å². The van der Waals surface area contributed by atoms with Gasteiger partial charge in [-0.05, 0) is 32.4 Å². The van der Waals surface area contributed by atoms with Crippen LogP contribution < -0.4 is 5.32 Å². The number of nitrogens with zero attached hydrogens (tertiary/aromatic N) is 1. The molecule has 0 saturated carbocycles. The molecule has 1 heterocycles. The minimum Gasteiger partial charge on any atom is -0.388 e. The molecule has 12 heavy (non-hydrogen) atoms. The fourth-order valence-corrected chi connectivity index (χ4v) is 1.80. The summed E-state index contributed by atoms with van der Waals surface area (Å²) in [5.41, 5.74) is -0.727. The minimum absolute atomic E-state index is 0.195. The first-order chi connectivity index (χ1) is 5.73. The standard InChI is InChI=1S/C9H16N2O/c1-2-8(7-10)9(12)3-5-11-6-4-9/h8,11-12H,2-6H2,1H3. The summed E-state index contributed by atoms with van der Waals surface area (Å²) in [7, 11) is 0. The van der Waals surface area contributed by atoms with Gasteiger partial charge in [-0.15, -0.1) is 0 Å². The summed E-state index contributed by atoms with van der Waals surface area (Å²) in [6.07, 6.45) is 2.16. The highest BCUT2D eigenvalue weighted by atomic mass is 16.3. The summed E-state index contributed by atoms with van der Waals surface area (Å²) in [6, 6.07) is 2.18. The van der Waals surface area contributed by atoms with E-state index in [1.807, 2.05) is 6.92 Å². The summed E-state index contributed by atoms with van der Waals surface area (Å²) in [6.45, 7) is 3.61. The highest BCUT2D eigenvalue weighted by Gasteiger charge is 2.36. The van der Waals surface area contributed by atoms with E-state index in [0.29, 0.717) is 12.8 Å². The summed E-state index contributed by atoms with van der Waals surface area (Å²) in [5, 5.41) is 22.1. The summed E-state index contributed by atoms with van der Waals surface area (Å²) in [5.74, 6) is -0.195. The summed E-state index contributed by atoms with van der Waals surface area (Å²) >= 11 is 0. The van der Waals surface area contributed by atoms with E-state index in [-0.39, 0.29) is 5.92 Å². The first-order valence-corrected chi connectivity index (χ1v) is 4.55. The van der Waals surface area contributed by atoms with Crippen molar-refractivity contribution in [1.82, 2.24) is 5.32 Å². The van der Waals surface area contributed by atoms with Crippen molar-refractivity contribution in [3.05, 3.63) is 0 Å². The highest BCUT2D eigenvalue weighted by molar-refractivity contribution is 5.00. The van der Waals surface area contributed by atoms with E-state index >= 15 is 0 Å². The molecule has 3 heteroatoms. The van der Waals surface area contributed by atoms with E-state index < -0.39 is 5.60 Å². The zero-order chi connectivity index (χ0) is 9.03. The van der Waals surface area contributed by atoms with Crippen molar-refractivity contribution in [2.24, 2.45) is 5.92 Å². The van der Waals surface area contributed by atoms with Crippen LogP contribution in [0.2, 0.25) is 0 Å². The molecule has 0 spiro atoms. The molecule has 1 saturated heterocycles. The molecule has 1 aliphatic heterocycles. The molecule has 0 radical (unpaired) electrons. The normalized spacial score (nSPS) is 24.4. The lowest BCUT2D eigenvalue weighted by Gasteiger charge is -2.35. The Morgan fingerprint density at radius 3 is 2.58 bits per heavy atom. The number of nitriles is 1. The van der Waals surface area contributed by atoms with E-state index in [0.717, 1.165) is 19.5 Å². The van der Waals surface area contributed by atoms with Crippen molar-refractivity contribution in [2.45, 2.75) is 31.8 Å². The van der Waals surface area contributed by atoms with Gasteiger partial charge in [0, 0.05) is 0 Å². The molecule has 1 unspecified atom stereocenters. The van der Waals surface area contributed by atoms with E-state index in [1.165, 1.54) is 0 Å². The molecule has 0 aromatic carbocycles. The molecule has 0 aliphatic carbocycles. The Bertz CT molecular complexity index is 179. The average Bonchev–Trinajstić information content (AvgIpc) is 2.07. The van der Waals surface area contributed by atoms with Crippen LogP contribution in [0.3, 0.4) is 0 Å². The minimum atomic E-state index is -0.727. The first kappa shape index (κ1) is 9.50. The van der Waals surface area contributed by atoms with Crippen molar-refractivity contribution in [3.63, 3.8) is 0 Å². The number of hydrogen-bond acceptors (Lipinski definition) is 3. The van der Waals surface area contributed by atoms with Gasteiger partial charge in [0.25, 0.3) is 0 Å². The third kappa shape index (κ3) is 1.77. The summed E-state index contributed by atoms with van der Waals surface area (Å²) < 4.78 is 0. The second-order valence-corrected chi connectivity index (χ2v) is 3.44. The predicted molar refractivity (Wildman–Crippen MR) is 46.4 cm³/mol. The second kappa shape index (κ2) is 3.88. The average molecular weight is 168 g/mol. The molecular formula is C9H16N2O. The molecule has 1 aliphatic rings. The lowest BCUT2D eigenvalue weighted by Crippen LogP contribution is -2.46. The molecule has 2 N–H and O–H groups in total. The molecule has 3 nitrogen and oxygen atoms in total. The number of piperidine rings is 1. The molecule has 0 aromatic rings. The van der Waals surface area contributed by atoms with Gasteiger partial charge in [-0.2, -0.15) is 5.26 Å². The van der Waals surface area contributed by atoms with Crippen molar-refractivity contribution in [3.8, 4) is 6.07 Å². The monoisotopic (exact) mass is 168 g/mol. The van der Waals surface area contributed by atoms with E-state index in [4.69, 9.17) is 5.26 Å². The van der Waals surface area contributed by atoms with E-state index in [1.54, 1.807) is 0 Å². The molecule has 1 rings (SSSR count). The van der Waals surface area contributed by atoms with Crippen molar-refractivity contribution < 1.29 is 5.11 Å². The van der Waals surface area contributed by atoms with Gasteiger partial charge in [0.2, 0.25) is 0 Å². The molecular weight excluding hydrogens is 152 g/mol. The SMILES string of the molecule is CCC(C#N)C1(O)CCNCC1. The van der Waals surface area contributed by atoms with Crippen LogP contribution in [0.1, 0.15) is 26.2 Å². The van der Waals surface area contributed by atoms with E-state index in [2.05, 4.69) is 11.4 Å². The van der Waals surface area contributed by atoms with Crippen molar-refractivity contribution >= 4 is 0 Å². The van der Waals surface area contributed by atoms with E-state index in [9.17, 15) is 5.11 Å².